The quantitative estimate of drug-likeness (QED) is 0.831. The zero-order valence-electron chi connectivity index (χ0n) is 10.1. The van der Waals surface area contributed by atoms with E-state index in [4.69, 9.17) is 4.74 Å². The van der Waals surface area contributed by atoms with E-state index in [1.807, 2.05) is 30.3 Å². The first-order valence-corrected chi connectivity index (χ1v) is 5.92. The van der Waals surface area contributed by atoms with Crippen LogP contribution in [0.2, 0.25) is 0 Å². The number of quaternary nitrogens is 1. The Kier molecular flexibility index (Phi) is 4.17. The maximum absolute atomic E-state index is 5.71. The Labute approximate surface area is 102 Å². The topological polar surface area (TPSA) is 25.8 Å². The van der Waals surface area contributed by atoms with Gasteiger partial charge in [0.2, 0.25) is 0 Å². The predicted molar refractivity (Wildman–Crippen MR) is 68.8 cm³/mol. The summed E-state index contributed by atoms with van der Waals surface area (Å²) in [7, 11) is 2.07. The van der Waals surface area contributed by atoms with Crippen LogP contribution in [-0.4, -0.2) is 7.05 Å². The highest BCUT2D eigenvalue weighted by molar-refractivity contribution is 5.27. The molecule has 0 bridgehead atoms. The van der Waals surface area contributed by atoms with Gasteiger partial charge in [-0.15, -0.1) is 0 Å². The largest absolute Gasteiger partial charge is 0.489 e. The van der Waals surface area contributed by atoms with Gasteiger partial charge in [-0.25, -0.2) is 0 Å². The molecule has 17 heavy (non-hydrogen) atoms. The summed E-state index contributed by atoms with van der Waals surface area (Å²) in [5.74, 6) is 0.925. The molecule has 88 valence electrons. The van der Waals surface area contributed by atoms with E-state index in [1.165, 1.54) is 11.1 Å². The third-order valence-corrected chi connectivity index (χ3v) is 2.61. The molecule has 0 heterocycles. The van der Waals surface area contributed by atoms with Gasteiger partial charge in [0.15, 0.2) is 0 Å². The van der Waals surface area contributed by atoms with E-state index >= 15 is 0 Å². The lowest BCUT2D eigenvalue weighted by Gasteiger charge is -2.06. The molecule has 0 fully saturated rings. The molecule has 0 aliphatic carbocycles. The Morgan fingerprint density at radius 2 is 1.59 bits per heavy atom. The summed E-state index contributed by atoms with van der Waals surface area (Å²) in [5, 5.41) is 2.15. The smallest absolute Gasteiger partial charge is 0.119 e. The number of hydrogen-bond acceptors (Lipinski definition) is 1. The highest BCUT2D eigenvalue weighted by Gasteiger charge is 1.97. The van der Waals surface area contributed by atoms with Gasteiger partial charge >= 0.3 is 0 Å². The number of nitrogens with two attached hydrogens (primary N) is 1. The fourth-order valence-electron chi connectivity index (χ4n) is 1.70. The molecule has 0 unspecified atom stereocenters. The van der Waals surface area contributed by atoms with Gasteiger partial charge in [-0.05, 0) is 29.8 Å². The van der Waals surface area contributed by atoms with Gasteiger partial charge in [0, 0.05) is 5.56 Å². The zero-order chi connectivity index (χ0) is 11.9. The molecule has 2 nitrogen and oxygen atoms in total. The number of hydrogen-bond donors (Lipinski definition) is 1. The minimum Gasteiger partial charge on any atom is -0.489 e. The summed E-state index contributed by atoms with van der Waals surface area (Å²) in [4.78, 5) is 0. The van der Waals surface area contributed by atoms with Crippen LogP contribution in [0.15, 0.2) is 54.6 Å². The molecule has 0 aromatic heterocycles. The number of benzene rings is 2. The highest BCUT2D eigenvalue weighted by Crippen LogP contribution is 2.13. The molecular weight excluding hydrogens is 210 g/mol. The summed E-state index contributed by atoms with van der Waals surface area (Å²) >= 11 is 0. The molecule has 2 aromatic rings. The highest BCUT2D eigenvalue weighted by atomic mass is 16.5. The molecule has 0 saturated carbocycles. The van der Waals surface area contributed by atoms with Gasteiger partial charge in [0.1, 0.15) is 18.9 Å². The lowest BCUT2D eigenvalue weighted by Crippen LogP contribution is -2.77. The standard InChI is InChI=1S/C15H17NO/c1-16-11-13-7-9-15(10-8-13)17-12-14-5-3-2-4-6-14/h2-10,16H,11-12H2,1H3/p+1. The van der Waals surface area contributed by atoms with Gasteiger partial charge in [-0.3, -0.25) is 0 Å². The molecule has 2 heteroatoms. The maximum atomic E-state index is 5.71. The SMILES string of the molecule is C[NH2+]Cc1ccc(OCc2ccccc2)cc1. The van der Waals surface area contributed by atoms with Gasteiger partial charge in [-0.1, -0.05) is 30.3 Å². The van der Waals surface area contributed by atoms with Crippen LogP contribution in [0, 0.1) is 0 Å². The summed E-state index contributed by atoms with van der Waals surface area (Å²) in [6.07, 6.45) is 0. The first kappa shape index (κ1) is 11.7. The Hall–Kier alpha value is -1.80. The average molecular weight is 228 g/mol. The van der Waals surface area contributed by atoms with Crippen molar-refractivity contribution in [1.29, 1.82) is 0 Å². The van der Waals surface area contributed by atoms with Crippen molar-refractivity contribution < 1.29 is 10.1 Å². The third kappa shape index (κ3) is 3.61. The van der Waals surface area contributed by atoms with Crippen molar-refractivity contribution in [3.8, 4) is 5.75 Å². The van der Waals surface area contributed by atoms with E-state index in [0.29, 0.717) is 6.61 Å². The molecule has 2 N–H and O–H groups in total. The van der Waals surface area contributed by atoms with Gasteiger partial charge in [0.05, 0.1) is 7.05 Å². The van der Waals surface area contributed by atoms with Crippen molar-refractivity contribution in [3.05, 3.63) is 65.7 Å². The Morgan fingerprint density at radius 1 is 0.882 bits per heavy atom. The summed E-state index contributed by atoms with van der Waals surface area (Å²) in [6, 6.07) is 18.5. The molecule has 0 aliphatic heterocycles. The van der Waals surface area contributed by atoms with Crippen molar-refractivity contribution in [1.82, 2.24) is 0 Å². The van der Waals surface area contributed by atoms with Crippen molar-refractivity contribution in [2.45, 2.75) is 13.2 Å². The first-order valence-electron chi connectivity index (χ1n) is 5.92. The Bertz CT molecular complexity index is 436. The molecular formula is C15H18NO+. The fourth-order valence-corrected chi connectivity index (χ4v) is 1.70. The summed E-state index contributed by atoms with van der Waals surface area (Å²) in [5.41, 5.74) is 2.51. The molecule has 0 atom stereocenters. The minimum atomic E-state index is 0.625. The fraction of sp³-hybridized carbons (Fsp3) is 0.200. The summed E-state index contributed by atoms with van der Waals surface area (Å²) < 4.78 is 5.71. The van der Waals surface area contributed by atoms with E-state index in [0.717, 1.165) is 12.3 Å². The Morgan fingerprint density at radius 3 is 2.24 bits per heavy atom. The third-order valence-electron chi connectivity index (χ3n) is 2.61. The van der Waals surface area contributed by atoms with Crippen LogP contribution < -0.4 is 10.1 Å². The maximum Gasteiger partial charge on any atom is 0.119 e. The van der Waals surface area contributed by atoms with Gasteiger partial charge < -0.3 is 10.1 Å². The van der Waals surface area contributed by atoms with Crippen molar-refractivity contribution in [3.63, 3.8) is 0 Å². The Balaban J connectivity index is 1.91. The molecule has 2 rings (SSSR count). The molecule has 0 spiro atoms. The van der Waals surface area contributed by atoms with E-state index in [9.17, 15) is 0 Å². The second-order valence-electron chi connectivity index (χ2n) is 4.03. The lowest BCUT2D eigenvalue weighted by molar-refractivity contribution is -0.643. The zero-order valence-corrected chi connectivity index (χ0v) is 10.1. The van der Waals surface area contributed by atoms with Crippen LogP contribution in [0.1, 0.15) is 11.1 Å². The van der Waals surface area contributed by atoms with Crippen LogP contribution in [0.4, 0.5) is 0 Å². The monoisotopic (exact) mass is 228 g/mol. The lowest BCUT2D eigenvalue weighted by atomic mass is 10.2. The second kappa shape index (κ2) is 6.06. The van der Waals surface area contributed by atoms with Crippen LogP contribution >= 0.6 is 0 Å². The average Bonchev–Trinajstić information content (AvgIpc) is 2.40. The molecule has 0 radical (unpaired) electrons. The van der Waals surface area contributed by atoms with Gasteiger partial charge in [0.25, 0.3) is 0 Å². The second-order valence-corrected chi connectivity index (χ2v) is 4.03. The van der Waals surface area contributed by atoms with E-state index < -0.39 is 0 Å². The van der Waals surface area contributed by atoms with Crippen LogP contribution in [0.25, 0.3) is 0 Å². The van der Waals surface area contributed by atoms with Gasteiger partial charge in [-0.2, -0.15) is 0 Å². The molecule has 2 aromatic carbocycles. The minimum absolute atomic E-state index is 0.625. The van der Waals surface area contributed by atoms with Crippen LogP contribution in [-0.2, 0) is 13.2 Å². The van der Waals surface area contributed by atoms with E-state index in [-0.39, 0.29) is 0 Å². The molecule has 0 aliphatic rings. The predicted octanol–water partition coefficient (Wildman–Crippen LogP) is 1.96. The molecule has 0 amide bonds. The molecule has 0 saturated heterocycles. The van der Waals surface area contributed by atoms with Crippen molar-refractivity contribution in [2.75, 3.05) is 7.05 Å². The number of rotatable bonds is 5. The van der Waals surface area contributed by atoms with E-state index in [1.54, 1.807) is 0 Å². The summed E-state index contributed by atoms with van der Waals surface area (Å²) in [6.45, 7) is 1.64. The normalized spacial score (nSPS) is 10.2. The first-order chi connectivity index (χ1) is 8.38. The van der Waals surface area contributed by atoms with Crippen LogP contribution in [0.3, 0.4) is 0 Å². The van der Waals surface area contributed by atoms with Crippen molar-refractivity contribution >= 4 is 0 Å². The number of ether oxygens (including phenoxy) is 1. The van der Waals surface area contributed by atoms with Crippen LogP contribution in [0.5, 0.6) is 5.75 Å². The van der Waals surface area contributed by atoms with Crippen molar-refractivity contribution in [2.24, 2.45) is 0 Å². The van der Waals surface area contributed by atoms with E-state index in [2.05, 4.69) is 36.6 Å².